The molecule has 3 aromatic heterocycles. The van der Waals surface area contributed by atoms with Crippen LogP contribution in [0.2, 0.25) is 0 Å². The lowest BCUT2D eigenvalue weighted by molar-refractivity contribution is 0.654. The highest BCUT2D eigenvalue weighted by molar-refractivity contribution is 6.08. The monoisotopic (exact) mass is 404 g/mol. The summed E-state index contributed by atoms with van der Waals surface area (Å²) in [6.45, 7) is 2.11. The van der Waals surface area contributed by atoms with E-state index in [-0.39, 0.29) is 0 Å². The Balaban J connectivity index is 1.41. The summed E-state index contributed by atoms with van der Waals surface area (Å²) in [5.41, 5.74) is 8.51. The van der Waals surface area contributed by atoms with E-state index in [1.54, 1.807) is 6.20 Å². The van der Waals surface area contributed by atoms with Crippen molar-refractivity contribution in [3.63, 3.8) is 0 Å². The molecule has 0 saturated heterocycles. The topological polar surface area (TPSA) is 38.9 Å². The predicted octanol–water partition coefficient (Wildman–Crippen LogP) is 7.68. The van der Waals surface area contributed by atoms with E-state index < -0.39 is 0 Å². The molecule has 0 amide bonds. The van der Waals surface area contributed by atoms with Crippen LogP contribution in [0.5, 0.6) is 0 Å². The van der Waals surface area contributed by atoms with Gasteiger partial charge in [0.25, 0.3) is 0 Å². The quantitative estimate of drug-likeness (QED) is 0.309. The molecule has 1 aliphatic carbocycles. The first-order valence-electron chi connectivity index (χ1n) is 11.1. The van der Waals surface area contributed by atoms with Crippen molar-refractivity contribution in [1.29, 1.82) is 0 Å². The van der Waals surface area contributed by atoms with Crippen molar-refractivity contribution in [2.45, 2.75) is 38.5 Å². The Morgan fingerprint density at radius 3 is 2.58 bits per heavy atom. The maximum absolute atomic E-state index is 6.16. The van der Waals surface area contributed by atoms with Gasteiger partial charge >= 0.3 is 0 Å². The minimum absolute atomic E-state index is 0.671. The molecule has 152 valence electrons. The molecule has 3 heterocycles. The number of fused-ring (bicyclic) bond motifs is 3. The Labute approximate surface area is 181 Å². The normalized spacial score (nSPS) is 14.6. The molecule has 0 radical (unpaired) electrons. The minimum atomic E-state index is 0.671. The van der Waals surface area contributed by atoms with Crippen LogP contribution in [-0.4, -0.2) is 9.97 Å². The Kier molecular flexibility index (Phi) is 4.34. The van der Waals surface area contributed by atoms with Crippen LogP contribution in [0, 0.1) is 6.92 Å². The van der Waals surface area contributed by atoms with Gasteiger partial charge in [-0.1, -0.05) is 55.3 Å². The maximum atomic E-state index is 6.16. The van der Waals surface area contributed by atoms with Crippen LogP contribution in [0.4, 0.5) is 0 Å². The molecule has 3 heteroatoms. The molecule has 0 atom stereocenters. The van der Waals surface area contributed by atoms with Gasteiger partial charge in [-0.25, -0.2) is 4.98 Å². The molecule has 0 N–H and O–H groups in total. The van der Waals surface area contributed by atoms with E-state index in [2.05, 4.69) is 66.5 Å². The molecule has 1 aliphatic rings. The first-order valence-corrected chi connectivity index (χ1v) is 11.1. The largest absolute Gasteiger partial charge is 0.437 e. The highest BCUT2D eigenvalue weighted by atomic mass is 16.3. The van der Waals surface area contributed by atoms with Gasteiger partial charge in [0.15, 0.2) is 0 Å². The zero-order valence-electron chi connectivity index (χ0n) is 17.6. The summed E-state index contributed by atoms with van der Waals surface area (Å²) < 4.78 is 6.16. The summed E-state index contributed by atoms with van der Waals surface area (Å²) in [5.74, 6) is 0.717. The van der Waals surface area contributed by atoms with Gasteiger partial charge in [-0.2, -0.15) is 0 Å². The van der Waals surface area contributed by atoms with Crippen LogP contribution < -0.4 is 0 Å². The molecule has 3 nitrogen and oxygen atoms in total. The highest BCUT2D eigenvalue weighted by Gasteiger charge is 2.18. The van der Waals surface area contributed by atoms with Gasteiger partial charge in [0.1, 0.15) is 5.58 Å². The van der Waals surface area contributed by atoms with Crippen LogP contribution in [0.25, 0.3) is 44.5 Å². The fraction of sp³-hybridized carbons (Fsp3) is 0.214. The summed E-state index contributed by atoms with van der Waals surface area (Å²) in [4.78, 5) is 9.24. The van der Waals surface area contributed by atoms with Crippen LogP contribution in [0.3, 0.4) is 0 Å². The first kappa shape index (κ1) is 18.3. The van der Waals surface area contributed by atoms with Crippen molar-refractivity contribution in [3.05, 3.63) is 84.2 Å². The molecular formula is C28H24N2O. The van der Waals surface area contributed by atoms with Crippen molar-refractivity contribution < 1.29 is 4.42 Å². The minimum Gasteiger partial charge on any atom is -0.437 e. The molecule has 0 bridgehead atoms. The van der Waals surface area contributed by atoms with Gasteiger partial charge in [-0.3, -0.25) is 4.98 Å². The zero-order valence-corrected chi connectivity index (χ0v) is 17.6. The van der Waals surface area contributed by atoms with Gasteiger partial charge < -0.3 is 4.42 Å². The van der Waals surface area contributed by atoms with Gasteiger partial charge in [-0.05, 0) is 60.6 Å². The Bertz CT molecular complexity index is 1390. The third-order valence-corrected chi connectivity index (χ3v) is 6.69. The second-order valence-electron chi connectivity index (χ2n) is 8.63. The average Bonchev–Trinajstić information content (AvgIpc) is 3.48. The lowest BCUT2D eigenvalue weighted by Gasteiger charge is -2.12. The second-order valence-corrected chi connectivity index (χ2v) is 8.63. The summed E-state index contributed by atoms with van der Waals surface area (Å²) in [7, 11) is 0. The molecule has 0 spiro atoms. The summed E-state index contributed by atoms with van der Waals surface area (Å²) >= 11 is 0. The Morgan fingerprint density at radius 1 is 0.839 bits per heavy atom. The average molecular weight is 405 g/mol. The third-order valence-electron chi connectivity index (χ3n) is 6.69. The molecule has 2 aromatic carbocycles. The van der Waals surface area contributed by atoms with Gasteiger partial charge in [0, 0.05) is 34.3 Å². The summed E-state index contributed by atoms with van der Waals surface area (Å²) in [6, 6.07) is 21.5. The van der Waals surface area contributed by atoms with Gasteiger partial charge in [0.05, 0.1) is 5.69 Å². The maximum Gasteiger partial charge on any atom is 0.227 e. The number of rotatable bonds is 3. The molecule has 0 unspecified atom stereocenters. The number of nitrogens with zero attached hydrogens (tertiary/aromatic N) is 2. The van der Waals surface area contributed by atoms with E-state index in [1.807, 2.05) is 12.3 Å². The van der Waals surface area contributed by atoms with Gasteiger partial charge in [0.2, 0.25) is 5.71 Å². The van der Waals surface area contributed by atoms with Crippen LogP contribution in [0.1, 0.15) is 42.7 Å². The number of hydrogen-bond donors (Lipinski definition) is 0. The van der Waals surface area contributed by atoms with Crippen LogP contribution in [-0.2, 0) is 0 Å². The van der Waals surface area contributed by atoms with Crippen molar-refractivity contribution >= 4 is 22.1 Å². The predicted molar refractivity (Wildman–Crippen MR) is 126 cm³/mol. The third kappa shape index (κ3) is 3.12. The summed E-state index contributed by atoms with van der Waals surface area (Å²) in [6.07, 6.45) is 9.10. The lowest BCUT2D eigenvalue weighted by Crippen LogP contribution is -1.93. The molecular weight excluding hydrogens is 380 g/mol. The van der Waals surface area contributed by atoms with E-state index in [0.717, 1.165) is 38.7 Å². The van der Waals surface area contributed by atoms with E-state index >= 15 is 0 Å². The van der Waals surface area contributed by atoms with Crippen molar-refractivity contribution in [2.24, 2.45) is 0 Å². The van der Waals surface area contributed by atoms with E-state index in [1.165, 1.54) is 36.8 Å². The zero-order chi connectivity index (χ0) is 20.8. The number of pyridine rings is 2. The SMILES string of the molecule is Cc1ccc2c(oc3ncccc32)c1-c1ccc(-c2cccc(C3CCCC3)c2)cn1. The number of aromatic nitrogens is 2. The molecule has 1 fully saturated rings. The second kappa shape index (κ2) is 7.35. The molecule has 1 saturated carbocycles. The van der Waals surface area contributed by atoms with Crippen LogP contribution in [0.15, 0.2) is 77.5 Å². The van der Waals surface area contributed by atoms with Crippen molar-refractivity contribution in [2.75, 3.05) is 0 Å². The van der Waals surface area contributed by atoms with Crippen LogP contribution >= 0.6 is 0 Å². The fourth-order valence-corrected chi connectivity index (χ4v) is 5.04. The summed E-state index contributed by atoms with van der Waals surface area (Å²) in [5, 5.41) is 2.12. The van der Waals surface area contributed by atoms with Crippen molar-refractivity contribution in [3.8, 4) is 22.4 Å². The number of benzene rings is 2. The first-order chi connectivity index (χ1) is 15.3. The number of furan rings is 1. The fourth-order valence-electron chi connectivity index (χ4n) is 5.04. The molecule has 6 rings (SSSR count). The van der Waals surface area contributed by atoms with Crippen molar-refractivity contribution in [1.82, 2.24) is 9.97 Å². The number of hydrogen-bond acceptors (Lipinski definition) is 3. The van der Waals surface area contributed by atoms with E-state index in [0.29, 0.717) is 11.6 Å². The highest BCUT2D eigenvalue weighted by Crippen LogP contribution is 2.38. The smallest absolute Gasteiger partial charge is 0.227 e. The van der Waals surface area contributed by atoms with Gasteiger partial charge in [-0.15, -0.1) is 0 Å². The number of aryl methyl sites for hydroxylation is 1. The standard InChI is InChI=1S/C28H24N2O/c1-18-11-13-23-24-10-5-15-29-28(24)31-27(23)26(18)25-14-12-22(17-30-25)21-9-4-8-20(16-21)19-6-2-3-7-19/h4-5,8-17,19H,2-3,6-7H2,1H3. The molecule has 5 aromatic rings. The Morgan fingerprint density at radius 2 is 1.74 bits per heavy atom. The van der Waals surface area contributed by atoms with E-state index in [4.69, 9.17) is 9.40 Å². The lowest BCUT2D eigenvalue weighted by atomic mass is 9.94. The Hall–Kier alpha value is -3.46. The molecule has 31 heavy (non-hydrogen) atoms. The van der Waals surface area contributed by atoms with E-state index in [9.17, 15) is 0 Å². The molecule has 0 aliphatic heterocycles.